The Kier molecular flexibility index (Phi) is 40.0. The number of methoxy groups -OCH3 is 2. The van der Waals surface area contributed by atoms with E-state index in [-0.39, 0.29) is 157 Å². The molecule has 0 aliphatic carbocycles. The number of nitrogens with one attached hydrogen (secondary N) is 1. The molecule has 14 heterocycles. The Bertz CT molecular complexity index is 7940. The second-order valence-corrected chi connectivity index (χ2v) is 49.0. The zero-order valence-corrected chi connectivity index (χ0v) is 90.2. The van der Waals surface area contributed by atoms with E-state index >= 15 is 0 Å². The molecule has 54 heteroatoms. The van der Waals surface area contributed by atoms with E-state index in [1.54, 1.807) is 140 Å². The SMILES string of the molecule is C.CCOC(=O)c1c(C=O)nc(OC)nc1-c1ccco1.COc1nc(-c2ccco2)c2c(n1)C(Cc1ccc(S(C)(=O)=O)cc1)OC2=O.CS(=O)(=O)c1ccc(CBr)cc1.CS(=O)(=O)c1ccc(CC2OC(=O)c3c(-c4ccco4)nc(=O)[nH]c32)cc1.CS(=O)(=O)c1ccc(CC2OC(=O)c3c(-c4ccco4)nc(Cl)nc32)cc1.CS(=O)(=O)c1ccc(CC2OC(=O)c3c(-c4ccco4)nc(N)nc32)cc1.O=P(Cl)(Cl)Cl.[I-].[Li+]. The van der Waals surface area contributed by atoms with E-state index in [1.165, 1.54) is 100 Å². The molecule has 3 N–H and O–H groups in total. The molecule has 5 aromatic carbocycles. The molecule has 0 bridgehead atoms. The van der Waals surface area contributed by atoms with E-state index in [1.807, 2.05) is 0 Å². The van der Waals surface area contributed by atoms with Gasteiger partial charge in [0.1, 0.15) is 103 Å². The maximum absolute atomic E-state index is 12.5. The summed E-state index contributed by atoms with van der Waals surface area (Å²) in [6.07, 6.45) is 12.1. The summed E-state index contributed by atoms with van der Waals surface area (Å²) >= 11 is 23.2. The molecule has 19 rings (SSSR count). The van der Waals surface area contributed by atoms with Gasteiger partial charge in [-0.15, -0.1) is 0 Å². The number of aromatic nitrogens is 10. The van der Waals surface area contributed by atoms with Crippen LogP contribution in [0.1, 0.15) is 152 Å². The zero-order valence-electron chi connectivity index (χ0n) is 78.4. The molecular formula is C95H83BrCl4ILiN11O30PS5. The number of halogens is 6. The van der Waals surface area contributed by atoms with Crippen LogP contribution in [0.5, 0.6) is 12.0 Å². The molecule has 0 saturated carbocycles. The molecule has 4 aliphatic heterocycles. The summed E-state index contributed by atoms with van der Waals surface area (Å²) in [4.78, 5) is 126. The summed E-state index contributed by atoms with van der Waals surface area (Å²) < 4.78 is 188. The predicted octanol–water partition coefficient (Wildman–Crippen LogP) is 11.1. The number of aldehydes is 1. The maximum atomic E-state index is 12.5. The Labute approximate surface area is 907 Å². The Morgan fingerprint density at radius 2 is 0.711 bits per heavy atom. The normalized spacial score (nSPS) is 14.5. The van der Waals surface area contributed by atoms with Gasteiger partial charge < -0.3 is 89.9 Å². The third-order valence-corrected chi connectivity index (χ3v) is 27.5. The molecule has 0 radical (unpaired) electrons. The number of H-pyrrole nitrogens is 1. The third-order valence-electron chi connectivity index (χ3n) is 21.0. The largest absolute Gasteiger partial charge is 1.00 e. The van der Waals surface area contributed by atoms with Gasteiger partial charge in [-0.25, -0.2) is 90.8 Å². The van der Waals surface area contributed by atoms with Crippen LogP contribution in [0.3, 0.4) is 0 Å². The minimum atomic E-state index is -3.29. The third kappa shape index (κ3) is 30.3. The average molecular weight is 2410 g/mol. The quantitative estimate of drug-likeness (QED) is 0.00829. The topological polar surface area (TPSA) is 595 Å². The van der Waals surface area contributed by atoms with Crippen molar-refractivity contribution >= 4 is 158 Å². The molecule has 4 aliphatic rings. The molecule has 0 amide bonds. The number of carbonyl (C=O) groups excluding carboxylic acids is 6. The van der Waals surface area contributed by atoms with Crippen LogP contribution in [0, 0.1) is 0 Å². The second kappa shape index (κ2) is 50.6. The van der Waals surface area contributed by atoms with E-state index < -0.39 is 114 Å². The van der Waals surface area contributed by atoms with Crippen molar-refractivity contribution in [2.24, 2.45) is 0 Å². The number of hydrogen-bond acceptors (Lipinski definition) is 40. The molecule has 4 unspecified atom stereocenters. The number of anilines is 1. The van der Waals surface area contributed by atoms with Crippen molar-refractivity contribution in [1.82, 2.24) is 49.8 Å². The van der Waals surface area contributed by atoms with Crippen LogP contribution in [0.25, 0.3) is 57.3 Å². The predicted molar refractivity (Wildman–Crippen MR) is 535 cm³/mol. The number of hydrogen-bond donors (Lipinski definition) is 2. The monoisotopic (exact) mass is 2400 g/mol. The van der Waals surface area contributed by atoms with Crippen molar-refractivity contribution in [1.29, 1.82) is 0 Å². The van der Waals surface area contributed by atoms with Crippen LogP contribution in [-0.4, -0.2) is 180 Å². The maximum Gasteiger partial charge on any atom is 1.00 e. The first kappa shape index (κ1) is 118. The number of benzene rings is 5. The summed E-state index contributed by atoms with van der Waals surface area (Å²) in [7, 11) is -13.4. The number of nitrogen functional groups attached to an aromatic ring is 1. The van der Waals surface area contributed by atoms with Crippen LogP contribution in [0.15, 0.2) is 265 Å². The second-order valence-electron chi connectivity index (χ2n) is 31.3. The Hall–Kier alpha value is -12.9. The number of carbonyl (C=O) groups is 6. The van der Waals surface area contributed by atoms with Gasteiger partial charge in [-0.05, 0) is 201 Å². The average Bonchev–Trinajstić information content (AvgIpc) is 1.63. The van der Waals surface area contributed by atoms with Crippen LogP contribution in [-0.2, 0) is 108 Å². The van der Waals surface area contributed by atoms with Crippen LogP contribution < -0.4 is 63.7 Å². The number of aromatic amines is 1. The zero-order chi connectivity index (χ0) is 106. The van der Waals surface area contributed by atoms with Crippen LogP contribution >= 0.6 is 66.5 Å². The molecule has 0 spiro atoms. The molecule has 0 saturated heterocycles. The summed E-state index contributed by atoms with van der Waals surface area (Å²) in [6.45, 7) is 1.83. The molecular weight excluding hydrogens is 2320 g/mol. The van der Waals surface area contributed by atoms with E-state index in [4.69, 9.17) is 72.6 Å². The number of furan rings is 5. The van der Waals surface area contributed by atoms with Crippen LogP contribution in [0.4, 0.5) is 5.95 Å². The van der Waals surface area contributed by atoms with Gasteiger partial charge in [-0.2, -0.15) is 24.9 Å². The number of esters is 5. The van der Waals surface area contributed by atoms with Gasteiger partial charge >= 0.3 is 71.6 Å². The minimum absolute atomic E-state index is 0. The first-order valence-electron chi connectivity index (χ1n) is 42.3. The minimum Gasteiger partial charge on any atom is -1.00 e. The fourth-order valence-corrected chi connectivity index (χ4v) is 18.1. The van der Waals surface area contributed by atoms with Gasteiger partial charge in [0, 0.05) is 62.3 Å². The van der Waals surface area contributed by atoms with Gasteiger partial charge in [-0.3, -0.25) is 9.36 Å². The van der Waals surface area contributed by atoms with Crippen molar-refractivity contribution in [3.05, 3.63) is 313 Å². The number of nitrogens with two attached hydrogens (primary N) is 1. The van der Waals surface area contributed by atoms with E-state index in [0.29, 0.717) is 93.4 Å². The fourth-order valence-electron chi connectivity index (χ4n) is 14.4. The summed E-state index contributed by atoms with van der Waals surface area (Å²) in [5, 5.41) is -2.49. The number of rotatable bonds is 24. The first-order chi connectivity index (χ1) is 69.1. The van der Waals surface area contributed by atoms with Gasteiger partial charge in [0.2, 0.25) is 11.2 Å². The number of alkyl halides is 1. The molecule has 4 atom stereocenters. The van der Waals surface area contributed by atoms with E-state index in [9.17, 15) is 80.2 Å². The number of fused-ring (bicyclic) bond motifs is 4. The molecule has 15 aromatic rings. The number of sulfone groups is 5. The summed E-state index contributed by atoms with van der Waals surface area (Å²) in [6, 6.07) is 49.0. The standard InChI is InChI=1S/C19H16N2O6S.C18H13ClN2O5S.C18H15N3O5S.C18H14N2O6S.C13H12N2O5.C8H9BrO2S.CH4.Cl3OP.HI.Li/c1-25-19-20-16(13-4-3-9-26-13)15-17(21-19)14(27-18(15)22)10-11-5-7-12(8-6-11)28(2,23)24;2*1-27(23,24)11-6-4-10(5-7-11)9-13-16-14(17(22)26-13)15(20-18(19)21-16)12-3-2-8-25-12;1-27(23,24)11-6-4-10(5-7-11)9-13-16-14(17(21)26-13)15(19-18(22)20-16)12-3-2-8-25-12;1-3-19-12(17)10-8(7-16)14-13(18-2)15-11(10)9-5-4-6-20-9;1-12(10,11)8-4-2-7(6-9)3-5-8;;1-5(2,3)4;;/h3-9,14H,10H2,1-2H3;2-8,13H,9H2,1H3;2-8,13H,9H2,1H3,(H2,19,20,21);2-8,13H,9H2,1H3,(H,19,20,22);4-7H,3H2,1-2H3;2-5H,6H2,1H3;1H4;;1H;/q;;;;;;;;;+1/p-1. The van der Waals surface area contributed by atoms with E-state index in [0.717, 1.165) is 58.2 Å². The summed E-state index contributed by atoms with van der Waals surface area (Å²) in [5.74, 6) is -1.10. The smallest absolute Gasteiger partial charge is 1.00 e. The van der Waals surface area contributed by atoms with Gasteiger partial charge in [0.15, 0.2) is 84.3 Å². The Balaban J connectivity index is 0.000000183. The molecule has 41 nitrogen and oxygen atoms in total. The van der Waals surface area contributed by atoms with Crippen LogP contribution in [0.2, 0.25) is 5.28 Å². The van der Waals surface area contributed by atoms with Gasteiger partial charge in [0.05, 0.1) is 82.3 Å². The number of ether oxygens (including phenoxy) is 7. The van der Waals surface area contributed by atoms with Crippen molar-refractivity contribution in [3.8, 4) is 69.3 Å². The van der Waals surface area contributed by atoms with Crippen molar-refractivity contribution in [3.63, 3.8) is 0 Å². The Morgan fingerprint density at radius 3 is 1.03 bits per heavy atom. The molecule has 0 fully saturated rings. The van der Waals surface area contributed by atoms with Gasteiger partial charge in [-0.1, -0.05) is 84.0 Å². The van der Waals surface area contributed by atoms with Crippen molar-refractivity contribution < 1.29 is 174 Å². The van der Waals surface area contributed by atoms with Crippen molar-refractivity contribution in [2.75, 3.05) is 57.8 Å². The molecule has 10 aromatic heterocycles. The first-order valence-corrected chi connectivity index (χ1v) is 57.6. The van der Waals surface area contributed by atoms with Gasteiger partial charge in [0.25, 0.3) is 0 Å². The van der Waals surface area contributed by atoms with E-state index in [2.05, 4.69) is 99.5 Å². The number of cyclic esters (lactones) is 4. The molecule has 776 valence electrons. The fraction of sp³-hybridized carbons (Fsp3) is 0.200. The molecule has 149 heavy (non-hydrogen) atoms. The summed E-state index contributed by atoms with van der Waals surface area (Å²) in [5.41, 5.74) is 12.8. The number of nitrogens with zero attached hydrogens (tertiary/aromatic N) is 9. The Morgan fingerprint density at radius 1 is 0.423 bits per heavy atom. The van der Waals surface area contributed by atoms with Crippen molar-refractivity contribution in [2.45, 2.75) is 94.3 Å².